The van der Waals surface area contributed by atoms with E-state index in [0.717, 1.165) is 11.3 Å². The summed E-state index contributed by atoms with van der Waals surface area (Å²) in [6.07, 6.45) is 1.13. The molecular weight excluding hydrogens is 420 g/mol. The molecule has 0 fully saturated rings. The molecule has 0 radical (unpaired) electrons. The van der Waals surface area contributed by atoms with Gasteiger partial charge in [0.25, 0.3) is 5.91 Å². The zero-order valence-corrected chi connectivity index (χ0v) is 18.6. The number of amides is 1. The molecule has 3 rings (SSSR count). The van der Waals surface area contributed by atoms with Gasteiger partial charge < -0.3 is 24.3 Å². The van der Waals surface area contributed by atoms with Gasteiger partial charge in [-0.1, -0.05) is 6.92 Å². The van der Waals surface area contributed by atoms with Crippen LogP contribution in [0.15, 0.2) is 33.0 Å². The normalized spacial score (nSPS) is 12.2. The summed E-state index contributed by atoms with van der Waals surface area (Å²) in [5.74, 6) is -0.0857. The van der Waals surface area contributed by atoms with Crippen LogP contribution in [0.1, 0.15) is 25.1 Å². The molecule has 3 aromatic rings. The maximum Gasteiger partial charge on any atom is 0.263 e. The molecule has 2 N–H and O–H groups in total. The van der Waals surface area contributed by atoms with Crippen LogP contribution in [0.3, 0.4) is 0 Å². The molecule has 0 spiro atoms. The molecule has 9 heteroatoms. The fourth-order valence-electron chi connectivity index (χ4n) is 3.25. The van der Waals surface area contributed by atoms with Gasteiger partial charge in [-0.3, -0.25) is 9.59 Å². The van der Waals surface area contributed by atoms with Crippen molar-refractivity contribution in [1.82, 2.24) is 9.88 Å². The van der Waals surface area contributed by atoms with Gasteiger partial charge in [-0.2, -0.15) is 0 Å². The van der Waals surface area contributed by atoms with Crippen LogP contribution in [0.2, 0.25) is 0 Å². The van der Waals surface area contributed by atoms with E-state index in [1.54, 1.807) is 19.1 Å². The molecule has 0 aliphatic heterocycles. The number of carbonyl (C=O) groups is 1. The van der Waals surface area contributed by atoms with E-state index < -0.39 is 6.10 Å². The van der Waals surface area contributed by atoms with Crippen molar-refractivity contribution in [2.45, 2.75) is 33.3 Å². The van der Waals surface area contributed by atoms with Crippen LogP contribution in [-0.2, 0) is 11.2 Å². The van der Waals surface area contributed by atoms with E-state index >= 15 is 0 Å². The monoisotopic (exact) mass is 446 g/mol. The summed E-state index contributed by atoms with van der Waals surface area (Å²) in [5.41, 5.74) is 2.12. The predicted octanol–water partition coefficient (Wildman–Crippen LogP) is 2.37. The first kappa shape index (κ1) is 22.9. The Morgan fingerprint density at radius 1 is 1.29 bits per heavy atom. The molecular formula is C22H26N2O6S. The maximum absolute atomic E-state index is 13.2. The van der Waals surface area contributed by atoms with Crippen molar-refractivity contribution in [2.75, 3.05) is 26.3 Å². The molecule has 1 unspecified atom stereocenters. The summed E-state index contributed by atoms with van der Waals surface area (Å²) in [6, 6.07) is 3.53. The highest BCUT2D eigenvalue weighted by Gasteiger charge is 2.24. The number of fused-ring (bicyclic) bond motifs is 1. The van der Waals surface area contributed by atoms with Crippen LogP contribution in [0.25, 0.3) is 21.5 Å². The van der Waals surface area contributed by atoms with E-state index in [9.17, 15) is 19.8 Å². The van der Waals surface area contributed by atoms with Crippen LogP contribution >= 0.6 is 11.3 Å². The Balaban J connectivity index is 2.01. The second kappa shape index (κ2) is 10.0. The lowest BCUT2D eigenvalue weighted by Crippen LogP contribution is -2.43. The first-order valence-electron chi connectivity index (χ1n) is 10.1. The fourth-order valence-corrected chi connectivity index (χ4v) is 4.05. The van der Waals surface area contributed by atoms with Crippen LogP contribution in [0.4, 0.5) is 0 Å². The van der Waals surface area contributed by atoms with Crippen molar-refractivity contribution >= 4 is 28.2 Å². The number of carbonyl (C=O) groups excluding carboxylic acids is 1. The largest absolute Gasteiger partial charge is 0.477 e. The number of hydrogen-bond acceptors (Lipinski definition) is 8. The quantitative estimate of drug-likeness (QED) is 0.519. The molecule has 31 heavy (non-hydrogen) atoms. The van der Waals surface area contributed by atoms with E-state index in [0.29, 0.717) is 28.1 Å². The first-order valence-corrected chi connectivity index (χ1v) is 11.0. The molecule has 1 amide bonds. The second-order valence-electron chi connectivity index (χ2n) is 7.13. The van der Waals surface area contributed by atoms with Gasteiger partial charge in [-0.15, -0.1) is 11.3 Å². The van der Waals surface area contributed by atoms with E-state index in [2.05, 4.69) is 4.98 Å². The molecule has 0 bridgehead atoms. The molecule has 0 aliphatic rings. The minimum atomic E-state index is -0.903. The number of aromatic nitrogens is 1. The van der Waals surface area contributed by atoms with Gasteiger partial charge in [0.05, 0.1) is 24.2 Å². The zero-order chi connectivity index (χ0) is 22.5. The van der Waals surface area contributed by atoms with Gasteiger partial charge >= 0.3 is 0 Å². The van der Waals surface area contributed by atoms with Gasteiger partial charge in [0, 0.05) is 24.2 Å². The van der Waals surface area contributed by atoms with Crippen LogP contribution in [-0.4, -0.2) is 58.4 Å². The average Bonchev–Trinajstić information content (AvgIpc) is 3.19. The number of ether oxygens (including phenoxy) is 1. The van der Waals surface area contributed by atoms with Crippen molar-refractivity contribution in [1.29, 1.82) is 0 Å². The highest BCUT2D eigenvalue weighted by molar-refractivity contribution is 7.13. The Morgan fingerprint density at radius 3 is 2.58 bits per heavy atom. The molecule has 166 valence electrons. The lowest BCUT2D eigenvalue weighted by atomic mass is 10.1. The Hall–Kier alpha value is -2.75. The Bertz CT molecular complexity index is 1120. The van der Waals surface area contributed by atoms with Gasteiger partial charge in [0.1, 0.15) is 11.3 Å². The summed E-state index contributed by atoms with van der Waals surface area (Å²) in [4.78, 5) is 31.6. The smallest absolute Gasteiger partial charge is 0.263 e. The second-order valence-corrected chi connectivity index (χ2v) is 7.99. The third-order valence-electron chi connectivity index (χ3n) is 4.86. The number of benzene rings is 1. The number of hydrogen-bond donors (Lipinski definition) is 2. The number of thiazole rings is 1. The Labute approximate surface area is 183 Å². The van der Waals surface area contributed by atoms with Gasteiger partial charge in [0.2, 0.25) is 5.43 Å². The van der Waals surface area contributed by atoms with Gasteiger partial charge in [-0.25, -0.2) is 4.98 Å². The van der Waals surface area contributed by atoms with E-state index in [1.165, 1.54) is 22.5 Å². The highest BCUT2D eigenvalue weighted by atomic mass is 32.1. The Kier molecular flexibility index (Phi) is 7.42. The zero-order valence-electron chi connectivity index (χ0n) is 17.8. The summed E-state index contributed by atoms with van der Waals surface area (Å²) < 4.78 is 11.7. The number of aryl methyl sites for hydroxylation is 2. The predicted molar refractivity (Wildman–Crippen MR) is 119 cm³/mol. The molecule has 2 heterocycles. The summed E-state index contributed by atoms with van der Waals surface area (Å²) >= 11 is 1.37. The molecule has 2 aromatic heterocycles. The minimum Gasteiger partial charge on any atom is -0.477 e. The SMILES string of the molecule is CCc1cc(OC(C)C(=O)N(CCO)CCO)c2occ(-c3nc(C)cs3)c(=O)c2c1. The first-order chi connectivity index (χ1) is 14.9. The van der Waals surface area contributed by atoms with Crippen molar-refractivity contribution in [3.05, 3.63) is 45.3 Å². The van der Waals surface area contributed by atoms with Crippen molar-refractivity contribution in [3.63, 3.8) is 0 Å². The molecule has 0 aliphatic carbocycles. The number of nitrogens with zero attached hydrogens (tertiary/aromatic N) is 2. The lowest BCUT2D eigenvalue weighted by Gasteiger charge is -2.25. The topological polar surface area (TPSA) is 113 Å². The average molecular weight is 447 g/mol. The summed E-state index contributed by atoms with van der Waals surface area (Å²) in [7, 11) is 0. The van der Waals surface area contributed by atoms with Crippen molar-refractivity contribution < 1.29 is 24.2 Å². The molecule has 0 saturated carbocycles. The van der Waals surface area contributed by atoms with E-state index in [4.69, 9.17) is 9.15 Å². The number of aliphatic hydroxyl groups is 2. The fraction of sp³-hybridized carbons (Fsp3) is 0.409. The van der Waals surface area contributed by atoms with Crippen molar-refractivity contribution in [3.8, 4) is 16.3 Å². The van der Waals surface area contributed by atoms with E-state index in [-0.39, 0.29) is 43.2 Å². The third-order valence-corrected chi connectivity index (χ3v) is 5.85. The van der Waals surface area contributed by atoms with Gasteiger partial charge in [0.15, 0.2) is 17.4 Å². The lowest BCUT2D eigenvalue weighted by molar-refractivity contribution is -0.139. The van der Waals surface area contributed by atoms with Crippen LogP contribution < -0.4 is 10.2 Å². The third kappa shape index (κ3) is 4.95. The van der Waals surface area contributed by atoms with Gasteiger partial charge in [-0.05, 0) is 38.0 Å². The number of aliphatic hydroxyl groups excluding tert-OH is 2. The maximum atomic E-state index is 13.2. The Morgan fingerprint density at radius 2 is 2.00 bits per heavy atom. The molecule has 1 aromatic carbocycles. The summed E-state index contributed by atoms with van der Waals surface area (Å²) in [6.45, 7) is 5.14. The van der Waals surface area contributed by atoms with E-state index in [1.807, 2.05) is 19.2 Å². The molecule has 1 atom stereocenters. The summed E-state index contributed by atoms with van der Waals surface area (Å²) in [5, 5.41) is 21.2. The molecule has 8 nitrogen and oxygen atoms in total. The number of rotatable bonds is 9. The van der Waals surface area contributed by atoms with Crippen molar-refractivity contribution in [2.24, 2.45) is 0 Å². The van der Waals surface area contributed by atoms with Crippen LogP contribution in [0.5, 0.6) is 5.75 Å². The molecule has 0 saturated heterocycles. The standard InChI is InChI=1S/C22H26N2O6S/c1-4-15-9-16-19(27)17(21-23-13(2)12-31-21)11-29-20(16)18(10-15)30-14(3)22(28)24(5-7-25)6-8-26/h9-12,14,25-26H,4-8H2,1-3H3. The van der Waals surface area contributed by atoms with Crippen LogP contribution in [0, 0.1) is 6.92 Å². The highest BCUT2D eigenvalue weighted by Crippen LogP contribution is 2.30. The minimum absolute atomic E-state index is 0.0918.